The number of hydrogen-bond acceptors (Lipinski definition) is 4. The molecule has 0 aromatic rings. The predicted octanol–water partition coefficient (Wildman–Crippen LogP) is 17.6. The van der Waals surface area contributed by atoms with Crippen LogP contribution in [0.5, 0.6) is 0 Å². The first-order valence-electron chi connectivity index (χ1n) is 25.6. The van der Waals surface area contributed by atoms with Crippen LogP contribution in [0.25, 0.3) is 0 Å². The Hall–Kier alpha value is -0.200. The lowest BCUT2D eigenvalue weighted by molar-refractivity contribution is 0.257. The minimum atomic E-state index is 0. The highest BCUT2D eigenvalue weighted by Crippen LogP contribution is 2.28. The van der Waals surface area contributed by atoms with Crippen LogP contribution in [-0.4, -0.2) is 60.5 Å². The Kier molecular flexibility index (Phi) is 97.0. The molecule has 0 saturated carbocycles. The molecule has 0 spiro atoms. The quantitative estimate of drug-likeness (QED) is 0.0532. The van der Waals surface area contributed by atoms with Gasteiger partial charge in [0, 0.05) is 15.1 Å². The van der Waals surface area contributed by atoms with Crippen LogP contribution in [0.4, 0.5) is 0 Å². The van der Waals surface area contributed by atoms with E-state index in [9.17, 15) is 0 Å². The fourth-order valence-electron chi connectivity index (χ4n) is 7.86. The number of nitrogens with zero attached hydrogens (tertiary/aromatic N) is 1. The maximum atomic E-state index is 8.92. The molecule has 0 saturated heterocycles. The number of aliphatic hydroxyl groups excluding tert-OH is 2. The minimum Gasteiger partial charge on any atom is -0.412 e. The van der Waals surface area contributed by atoms with Crippen molar-refractivity contribution < 1.29 is 17.1 Å². The van der Waals surface area contributed by atoms with E-state index in [4.69, 9.17) is 15.9 Å². The van der Waals surface area contributed by atoms with Gasteiger partial charge in [-0.25, -0.2) is 0 Å². The van der Waals surface area contributed by atoms with E-state index in [1.807, 2.05) is 13.8 Å². The molecule has 59 heavy (non-hydrogen) atoms. The second-order valence-electron chi connectivity index (χ2n) is 16.8. The van der Waals surface area contributed by atoms with Gasteiger partial charge in [-0.1, -0.05) is 270 Å². The highest BCUT2D eigenvalue weighted by Gasteiger charge is 2.13. The maximum absolute atomic E-state index is 8.92. The molecule has 0 aliphatic rings. The summed E-state index contributed by atoms with van der Waals surface area (Å²) >= 11 is 0. The largest absolute Gasteiger partial charge is 0.412 e. The molecule has 0 aliphatic heterocycles. The molecule has 0 aliphatic carbocycles. The second-order valence-corrected chi connectivity index (χ2v) is 16.8. The second kappa shape index (κ2) is 75.2. The summed E-state index contributed by atoms with van der Waals surface area (Å²) in [7, 11) is 1.00. The molecule has 0 bridgehead atoms. The normalized spacial score (nSPS) is 10.7. The molecule has 0 amide bonds. The molecule has 1 atom stereocenters. The van der Waals surface area contributed by atoms with Crippen molar-refractivity contribution in [3.05, 3.63) is 0 Å². The Morgan fingerprint density at radius 2 is 0.695 bits per heavy atom. The fourth-order valence-corrected chi connectivity index (χ4v) is 7.86. The van der Waals surface area contributed by atoms with Gasteiger partial charge in [-0.05, 0) is 70.1 Å². The topological polar surface area (TPSA) is 101 Å². The maximum Gasteiger partial charge on any atom is 0.0431 e. The van der Waals surface area contributed by atoms with Crippen molar-refractivity contribution in [1.29, 1.82) is 0 Å². The third-order valence-corrected chi connectivity index (χ3v) is 11.4. The number of rotatable bonds is 42. The van der Waals surface area contributed by atoms with E-state index in [1.165, 1.54) is 238 Å². The van der Waals surface area contributed by atoms with Crippen LogP contribution in [0.3, 0.4) is 0 Å². The van der Waals surface area contributed by atoms with Crippen LogP contribution < -0.4 is 5.73 Å². The van der Waals surface area contributed by atoms with Crippen LogP contribution >= 0.6 is 0 Å². The van der Waals surface area contributed by atoms with Crippen molar-refractivity contribution in [3.8, 4) is 0 Å². The average Bonchev–Trinajstić information content (AvgIpc) is 3.21. The molecular weight excluding hydrogens is 725 g/mol. The summed E-state index contributed by atoms with van der Waals surface area (Å²) in [5, 5.41) is 15.9. The van der Waals surface area contributed by atoms with Crippen LogP contribution in [0.15, 0.2) is 0 Å². The van der Waals surface area contributed by atoms with Crippen LogP contribution in [0.1, 0.15) is 303 Å². The van der Waals surface area contributed by atoms with Gasteiger partial charge in [0.2, 0.25) is 0 Å². The van der Waals surface area contributed by atoms with E-state index in [1.54, 1.807) is 0 Å². The summed E-state index contributed by atoms with van der Waals surface area (Å²) in [5.41, 5.74) is 5.81. The van der Waals surface area contributed by atoms with Crippen molar-refractivity contribution in [2.75, 3.05) is 39.9 Å². The summed E-state index contributed by atoms with van der Waals surface area (Å²) < 4.78 is 0. The molecule has 0 radical (unpaired) electrons. The van der Waals surface area contributed by atoms with Gasteiger partial charge in [-0.15, -0.1) is 0 Å². The fraction of sp³-hybridized carbons (Fsp3) is 1.00. The highest BCUT2D eigenvalue weighted by molar-refractivity contribution is 4.66. The molecule has 5 heteroatoms. The zero-order valence-electron chi connectivity index (χ0n) is 40.6. The van der Waals surface area contributed by atoms with E-state index in [0.29, 0.717) is 6.61 Å². The zero-order valence-corrected chi connectivity index (χ0v) is 40.6. The monoisotopic (exact) mass is 853 g/mol. The van der Waals surface area contributed by atoms with Crippen LogP contribution in [0.2, 0.25) is 0 Å². The number of unbranched alkanes of at least 4 members (excludes halogenated alkanes) is 26. The van der Waals surface area contributed by atoms with E-state index in [2.05, 4.69) is 39.5 Å². The van der Waals surface area contributed by atoms with Gasteiger partial charge in [-0.3, -0.25) is 0 Å². The molecule has 0 heterocycles. The summed E-state index contributed by atoms with van der Waals surface area (Å²) in [4.78, 5) is 2.68. The lowest BCUT2D eigenvalue weighted by Gasteiger charge is -2.22. The van der Waals surface area contributed by atoms with Gasteiger partial charge >= 0.3 is 0 Å². The lowest BCUT2D eigenvalue weighted by atomic mass is 9.85. The van der Waals surface area contributed by atoms with Gasteiger partial charge in [-0.2, -0.15) is 0 Å². The third-order valence-electron chi connectivity index (χ3n) is 11.4. The molecule has 6 N–H and O–H groups in total. The minimum absolute atomic E-state index is 0. The molecular formula is C54H128N2O3. The number of nitrogens with two attached hydrogens (primary N) is 1. The first kappa shape index (κ1) is 76.1. The van der Waals surface area contributed by atoms with Crippen molar-refractivity contribution in [1.82, 2.24) is 4.90 Å². The van der Waals surface area contributed by atoms with Crippen LogP contribution in [-0.2, 0) is 0 Å². The van der Waals surface area contributed by atoms with Gasteiger partial charge in [0.15, 0.2) is 0 Å². The first-order chi connectivity index (χ1) is 27.1. The smallest absolute Gasteiger partial charge is 0.0431 e. The van der Waals surface area contributed by atoms with Gasteiger partial charge in [0.05, 0.1) is 0 Å². The van der Waals surface area contributed by atoms with Crippen molar-refractivity contribution in [2.24, 2.45) is 17.6 Å². The van der Waals surface area contributed by atoms with Gasteiger partial charge in [0.25, 0.3) is 0 Å². The van der Waals surface area contributed by atoms with Crippen LogP contribution in [0, 0.1) is 11.8 Å². The first-order valence-corrected chi connectivity index (χ1v) is 25.6. The van der Waals surface area contributed by atoms with Gasteiger partial charge < -0.3 is 26.3 Å². The summed E-state index contributed by atoms with van der Waals surface area (Å²) in [6.45, 7) is 20.6. The standard InChI is InChI=1S/C38H80N2O.C10H22.C2H6.CH4O.3CH4.H2O.H2/c1-4-6-8-10-16-22-29-38(30-23-17-11-9-7-5-2)36-37(3)28-21-15-14-19-25-33-40(34-27-31-39)32-24-18-12-13-20-26-35-41;1-3-5-7-9-10-8-6-4-2;2*1-2;;;;;/h37-38,41H,4-36,39H2,1-3H3;3-10H2,1-2H3;1-2H3;2H,1H3;3*1H4;1H2;1H. The Morgan fingerprint density at radius 1 is 0.424 bits per heavy atom. The molecule has 5 nitrogen and oxygen atoms in total. The Morgan fingerprint density at radius 3 is 1.02 bits per heavy atom. The molecule has 1 unspecified atom stereocenters. The van der Waals surface area contributed by atoms with Crippen molar-refractivity contribution >= 4 is 0 Å². The molecule has 372 valence electrons. The molecule has 0 rings (SSSR count). The lowest BCUT2D eigenvalue weighted by Crippen LogP contribution is -2.28. The SMILES string of the molecule is C.C.C.CC.CCCCCCCCC(CCCCCCCC)CC(C)CCCCCCCN(CCCN)CCCCCCCCO.CCCCCCCCCC.CO.O.[HH]. The number of aliphatic hydroxyl groups is 2. The summed E-state index contributed by atoms with van der Waals surface area (Å²) in [6, 6.07) is 0. The zero-order chi connectivity index (χ0) is 41.7. The molecule has 0 fully saturated rings. The summed E-state index contributed by atoms with van der Waals surface area (Å²) in [5.74, 6) is 1.90. The van der Waals surface area contributed by atoms with E-state index < -0.39 is 0 Å². The van der Waals surface area contributed by atoms with Crippen molar-refractivity contribution in [2.45, 2.75) is 302 Å². The average molecular weight is 854 g/mol. The van der Waals surface area contributed by atoms with E-state index in [0.717, 1.165) is 38.3 Å². The van der Waals surface area contributed by atoms with Crippen molar-refractivity contribution in [3.63, 3.8) is 0 Å². The van der Waals surface area contributed by atoms with E-state index in [-0.39, 0.29) is 29.2 Å². The predicted molar refractivity (Wildman–Crippen MR) is 280 cm³/mol. The van der Waals surface area contributed by atoms with Gasteiger partial charge in [0.1, 0.15) is 0 Å². The Balaban J connectivity index is -0.000000169. The Bertz CT molecular complexity index is 577. The molecule has 0 aromatic heterocycles. The highest BCUT2D eigenvalue weighted by atomic mass is 16.3. The summed E-state index contributed by atoms with van der Waals surface area (Å²) in [6.07, 6.45) is 50.3. The number of hydrogen-bond donors (Lipinski definition) is 3. The Labute approximate surface area is 380 Å². The molecule has 0 aromatic carbocycles. The third kappa shape index (κ3) is 72.6. The van der Waals surface area contributed by atoms with E-state index >= 15 is 0 Å².